The predicted octanol–water partition coefficient (Wildman–Crippen LogP) is 2.91. The summed E-state index contributed by atoms with van der Waals surface area (Å²) in [6.07, 6.45) is 2.02. The van der Waals surface area contributed by atoms with E-state index in [1.54, 1.807) is 19.0 Å². The molecule has 1 aromatic rings. The Morgan fingerprint density at radius 2 is 1.80 bits per heavy atom. The molecule has 0 saturated carbocycles. The molecule has 0 aromatic heterocycles. The zero-order valence-electron chi connectivity index (χ0n) is 16.1. The fourth-order valence-corrected chi connectivity index (χ4v) is 2.07. The van der Waals surface area contributed by atoms with E-state index in [0.29, 0.717) is 11.9 Å². The summed E-state index contributed by atoms with van der Waals surface area (Å²) in [5, 5.41) is 6.72. The Balaban J connectivity index is 0.00000576. The van der Waals surface area contributed by atoms with Crippen LogP contribution in [0.25, 0.3) is 0 Å². The maximum atomic E-state index is 11.7. The minimum Gasteiger partial charge on any atom is -0.356 e. The highest BCUT2D eigenvalue weighted by molar-refractivity contribution is 14.0. The van der Waals surface area contributed by atoms with Crippen LogP contribution in [0.5, 0.6) is 0 Å². The normalized spacial score (nSPS) is 12.3. The summed E-state index contributed by atoms with van der Waals surface area (Å²) in [7, 11) is 3.49. The Labute approximate surface area is 169 Å². The van der Waals surface area contributed by atoms with Gasteiger partial charge in [-0.2, -0.15) is 0 Å². The van der Waals surface area contributed by atoms with Gasteiger partial charge in [-0.3, -0.25) is 4.79 Å². The molecular weight excluding hydrogens is 427 g/mol. The number of hydrogen-bond donors (Lipinski definition) is 2. The summed E-state index contributed by atoms with van der Waals surface area (Å²) in [5.74, 6) is 1.22. The predicted molar refractivity (Wildman–Crippen MR) is 117 cm³/mol. The lowest BCUT2D eigenvalue weighted by Gasteiger charge is -2.19. The molecule has 1 unspecified atom stereocenters. The van der Waals surface area contributed by atoms with Crippen molar-refractivity contribution in [2.45, 2.75) is 39.7 Å². The van der Waals surface area contributed by atoms with Gasteiger partial charge in [0.15, 0.2) is 5.96 Å². The number of carbonyl (C=O) groups is 1. The molecule has 0 radical (unpaired) electrons. The number of guanidine groups is 1. The first-order valence-electron chi connectivity index (χ1n) is 8.67. The topological polar surface area (TPSA) is 56.7 Å². The minimum absolute atomic E-state index is 0. The quantitative estimate of drug-likeness (QED) is 0.357. The summed E-state index contributed by atoms with van der Waals surface area (Å²) in [6, 6.07) is 10.7. The van der Waals surface area contributed by atoms with Gasteiger partial charge in [0.1, 0.15) is 6.54 Å². The lowest BCUT2D eigenvalue weighted by molar-refractivity contribution is -0.127. The van der Waals surface area contributed by atoms with Crippen molar-refractivity contribution in [1.29, 1.82) is 0 Å². The molecule has 0 bridgehead atoms. The zero-order valence-corrected chi connectivity index (χ0v) is 18.4. The van der Waals surface area contributed by atoms with Crippen molar-refractivity contribution in [3.63, 3.8) is 0 Å². The summed E-state index contributed by atoms with van der Waals surface area (Å²) in [5.41, 5.74) is 1.34. The second-order valence-electron chi connectivity index (χ2n) is 6.80. The van der Waals surface area contributed by atoms with E-state index in [2.05, 4.69) is 60.7 Å². The lowest BCUT2D eigenvalue weighted by Crippen LogP contribution is -2.44. The summed E-state index contributed by atoms with van der Waals surface area (Å²) in [4.78, 5) is 17.7. The van der Waals surface area contributed by atoms with E-state index in [0.717, 1.165) is 19.4 Å². The van der Waals surface area contributed by atoms with Crippen molar-refractivity contribution < 1.29 is 4.79 Å². The van der Waals surface area contributed by atoms with Crippen molar-refractivity contribution in [3.05, 3.63) is 35.9 Å². The van der Waals surface area contributed by atoms with Gasteiger partial charge in [-0.15, -0.1) is 24.0 Å². The number of halogens is 1. The number of nitrogens with zero attached hydrogens (tertiary/aromatic N) is 2. The van der Waals surface area contributed by atoms with Gasteiger partial charge in [0.05, 0.1) is 0 Å². The fraction of sp³-hybridized carbons (Fsp3) is 0.579. The van der Waals surface area contributed by atoms with E-state index in [4.69, 9.17) is 0 Å². The van der Waals surface area contributed by atoms with Gasteiger partial charge in [-0.1, -0.05) is 44.2 Å². The number of nitrogens with one attached hydrogen (secondary N) is 2. The van der Waals surface area contributed by atoms with Gasteiger partial charge >= 0.3 is 0 Å². The highest BCUT2D eigenvalue weighted by Crippen LogP contribution is 2.04. The molecule has 0 aliphatic heterocycles. The Morgan fingerprint density at radius 1 is 1.16 bits per heavy atom. The number of aryl methyl sites for hydroxylation is 1. The average Bonchev–Trinajstić information content (AvgIpc) is 2.55. The van der Waals surface area contributed by atoms with Crippen LogP contribution in [0.15, 0.2) is 35.3 Å². The van der Waals surface area contributed by atoms with Crippen LogP contribution in [0.1, 0.15) is 32.8 Å². The van der Waals surface area contributed by atoms with Crippen molar-refractivity contribution in [1.82, 2.24) is 15.5 Å². The van der Waals surface area contributed by atoms with Crippen molar-refractivity contribution in [3.8, 4) is 0 Å². The van der Waals surface area contributed by atoms with E-state index in [1.807, 2.05) is 6.07 Å². The van der Waals surface area contributed by atoms with E-state index in [9.17, 15) is 4.79 Å². The van der Waals surface area contributed by atoms with Gasteiger partial charge in [0.25, 0.3) is 0 Å². The number of benzene rings is 1. The van der Waals surface area contributed by atoms with E-state index in [1.165, 1.54) is 5.56 Å². The first-order valence-corrected chi connectivity index (χ1v) is 8.67. The Hall–Kier alpha value is -1.31. The molecule has 0 saturated heterocycles. The average molecular weight is 460 g/mol. The summed E-state index contributed by atoms with van der Waals surface area (Å²) >= 11 is 0. The number of likely N-dealkylation sites (N-methyl/N-ethyl adjacent to an activating group) is 1. The standard InChI is InChI=1S/C19H32N4O.HI/c1-15(2)13-20-19(21-14-18(24)23(4)5)22-16(3)11-12-17-9-7-6-8-10-17;/h6-10,15-16H,11-14H2,1-5H3,(H2,20,21,22);1H. The second-order valence-corrected chi connectivity index (χ2v) is 6.80. The van der Waals surface area contributed by atoms with Gasteiger partial charge in [-0.25, -0.2) is 4.99 Å². The third kappa shape index (κ3) is 11.0. The highest BCUT2D eigenvalue weighted by Gasteiger charge is 2.09. The molecule has 1 aromatic carbocycles. The maximum Gasteiger partial charge on any atom is 0.243 e. The first-order chi connectivity index (χ1) is 11.4. The number of carbonyl (C=O) groups excluding carboxylic acids is 1. The van der Waals surface area contributed by atoms with Gasteiger partial charge < -0.3 is 15.5 Å². The Morgan fingerprint density at radius 3 is 2.36 bits per heavy atom. The molecule has 1 atom stereocenters. The van der Waals surface area contributed by atoms with E-state index >= 15 is 0 Å². The number of amides is 1. The lowest BCUT2D eigenvalue weighted by atomic mass is 10.1. The third-order valence-electron chi connectivity index (χ3n) is 3.64. The zero-order chi connectivity index (χ0) is 17.9. The maximum absolute atomic E-state index is 11.7. The molecule has 0 spiro atoms. The van der Waals surface area contributed by atoms with Crippen LogP contribution in [-0.2, 0) is 11.2 Å². The van der Waals surface area contributed by atoms with Crippen molar-refractivity contribution >= 4 is 35.8 Å². The second kappa shape index (κ2) is 13.0. The molecule has 0 fully saturated rings. The highest BCUT2D eigenvalue weighted by atomic mass is 127. The molecule has 6 heteroatoms. The molecule has 142 valence electrons. The molecule has 5 nitrogen and oxygen atoms in total. The monoisotopic (exact) mass is 460 g/mol. The van der Waals surface area contributed by atoms with Crippen molar-refractivity contribution in [2.75, 3.05) is 27.2 Å². The number of rotatable bonds is 8. The van der Waals surface area contributed by atoms with Crippen molar-refractivity contribution in [2.24, 2.45) is 10.9 Å². The van der Waals surface area contributed by atoms with Crippen LogP contribution in [0.2, 0.25) is 0 Å². The largest absolute Gasteiger partial charge is 0.356 e. The summed E-state index contributed by atoms with van der Waals surface area (Å²) < 4.78 is 0. The third-order valence-corrected chi connectivity index (χ3v) is 3.64. The van der Waals surface area contributed by atoms with Crippen LogP contribution in [0.3, 0.4) is 0 Å². The fourth-order valence-electron chi connectivity index (χ4n) is 2.07. The smallest absolute Gasteiger partial charge is 0.243 e. The summed E-state index contributed by atoms with van der Waals surface area (Å²) in [6.45, 7) is 7.42. The van der Waals surface area contributed by atoms with E-state index < -0.39 is 0 Å². The van der Waals surface area contributed by atoms with Gasteiger partial charge in [0.2, 0.25) is 5.91 Å². The molecule has 2 N–H and O–H groups in total. The number of hydrogen-bond acceptors (Lipinski definition) is 2. The molecular formula is C19H33IN4O. The van der Waals surface area contributed by atoms with Crippen LogP contribution >= 0.6 is 24.0 Å². The molecule has 0 heterocycles. The van der Waals surface area contributed by atoms with Crippen LogP contribution < -0.4 is 10.6 Å². The Bertz CT molecular complexity index is 517. The van der Waals surface area contributed by atoms with Gasteiger partial charge in [0, 0.05) is 26.7 Å². The SMILES string of the molecule is CC(C)CNC(=NCC(=O)N(C)C)NC(C)CCc1ccccc1.I. The molecule has 25 heavy (non-hydrogen) atoms. The van der Waals surface area contributed by atoms with Crippen LogP contribution in [0.4, 0.5) is 0 Å². The molecule has 0 aliphatic rings. The Kier molecular flexibility index (Phi) is 12.3. The van der Waals surface area contributed by atoms with Gasteiger partial charge in [-0.05, 0) is 31.2 Å². The first kappa shape index (κ1) is 23.7. The van der Waals surface area contributed by atoms with E-state index in [-0.39, 0.29) is 42.5 Å². The minimum atomic E-state index is -0.00224. The van der Waals surface area contributed by atoms with Crippen LogP contribution in [0, 0.1) is 5.92 Å². The molecule has 0 aliphatic carbocycles. The van der Waals surface area contributed by atoms with Crippen LogP contribution in [-0.4, -0.2) is 50.0 Å². The molecule has 1 rings (SSSR count). The number of aliphatic imine (C=N–C) groups is 1. The molecule has 1 amide bonds.